The fraction of sp³-hybridized carbons (Fsp3) is 0. The molecule has 0 aliphatic heterocycles. The SMILES string of the molecule is [Ir].[c-]1cccc2ccn3nnnc3c12. The molecule has 0 N–H and O–H groups in total. The van der Waals surface area contributed by atoms with Gasteiger partial charge < -0.3 is 0 Å². The van der Waals surface area contributed by atoms with Crippen LogP contribution in [0.15, 0.2) is 30.5 Å². The van der Waals surface area contributed by atoms with E-state index in [0.717, 1.165) is 16.4 Å². The van der Waals surface area contributed by atoms with Crippen LogP contribution in [0.25, 0.3) is 16.4 Å². The number of hydrogen-bond donors (Lipinski definition) is 0. The fourth-order valence-corrected chi connectivity index (χ4v) is 1.39. The Morgan fingerprint density at radius 2 is 2.21 bits per heavy atom. The van der Waals surface area contributed by atoms with E-state index in [1.807, 2.05) is 30.5 Å². The van der Waals surface area contributed by atoms with Crippen LogP contribution in [0.3, 0.4) is 0 Å². The third-order valence-electron chi connectivity index (χ3n) is 2.00. The standard InChI is InChI=1S/C9H5N4.Ir/c1-2-4-8-7(3-1)5-6-13-9(8)10-11-12-13;/h1-3,5-6H;/q-1;. The van der Waals surface area contributed by atoms with Gasteiger partial charge in [0.1, 0.15) is 5.65 Å². The van der Waals surface area contributed by atoms with Gasteiger partial charge in [-0.05, 0) is 5.21 Å². The quantitative estimate of drug-likeness (QED) is 0.563. The second-order valence-corrected chi connectivity index (χ2v) is 2.76. The largest absolute Gasteiger partial charge is 0.241 e. The average Bonchev–Trinajstić information content (AvgIpc) is 2.65. The topological polar surface area (TPSA) is 43.1 Å². The van der Waals surface area contributed by atoms with E-state index in [1.165, 1.54) is 0 Å². The zero-order valence-electron chi connectivity index (χ0n) is 7.01. The van der Waals surface area contributed by atoms with Crippen LogP contribution < -0.4 is 0 Å². The third kappa shape index (κ3) is 1.22. The van der Waals surface area contributed by atoms with Crippen molar-refractivity contribution in [2.24, 2.45) is 0 Å². The van der Waals surface area contributed by atoms with Gasteiger partial charge in [0.05, 0.1) is 0 Å². The molecular formula is C9H5IrN4-. The Hall–Kier alpha value is -1.32. The summed E-state index contributed by atoms with van der Waals surface area (Å²) in [5.74, 6) is 0. The number of tetrazole rings is 1. The minimum Gasteiger partial charge on any atom is -0.241 e. The molecule has 0 fully saturated rings. The molecule has 2 heterocycles. The first-order valence-electron chi connectivity index (χ1n) is 3.92. The summed E-state index contributed by atoms with van der Waals surface area (Å²) < 4.78 is 1.64. The summed E-state index contributed by atoms with van der Waals surface area (Å²) in [6, 6.07) is 10.9. The summed E-state index contributed by atoms with van der Waals surface area (Å²) in [7, 11) is 0. The summed E-state index contributed by atoms with van der Waals surface area (Å²) in [6.07, 6.45) is 1.84. The molecule has 4 nitrogen and oxygen atoms in total. The molecule has 1 aromatic carbocycles. The van der Waals surface area contributed by atoms with Crippen LogP contribution in [0, 0.1) is 6.07 Å². The molecule has 71 valence electrons. The summed E-state index contributed by atoms with van der Waals surface area (Å²) in [6.45, 7) is 0. The Labute approximate surface area is 93.3 Å². The van der Waals surface area contributed by atoms with Gasteiger partial charge in [-0.1, -0.05) is 16.7 Å². The molecule has 0 atom stereocenters. The molecule has 14 heavy (non-hydrogen) atoms. The van der Waals surface area contributed by atoms with E-state index < -0.39 is 0 Å². The van der Waals surface area contributed by atoms with Crippen LogP contribution in [-0.4, -0.2) is 20.0 Å². The molecule has 0 unspecified atom stereocenters. The first-order chi connectivity index (χ1) is 6.45. The smallest absolute Gasteiger partial charge is 0.104 e. The van der Waals surface area contributed by atoms with Crippen LogP contribution in [0.1, 0.15) is 0 Å². The van der Waals surface area contributed by atoms with E-state index in [4.69, 9.17) is 0 Å². The Morgan fingerprint density at radius 3 is 3.14 bits per heavy atom. The van der Waals surface area contributed by atoms with Gasteiger partial charge in [-0.2, -0.15) is 5.10 Å². The minimum absolute atomic E-state index is 0. The van der Waals surface area contributed by atoms with E-state index >= 15 is 0 Å². The van der Waals surface area contributed by atoms with Crippen molar-refractivity contribution in [1.82, 2.24) is 20.0 Å². The molecule has 0 bridgehead atoms. The molecular weight excluding hydrogens is 356 g/mol. The van der Waals surface area contributed by atoms with Crippen molar-refractivity contribution in [1.29, 1.82) is 0 Å². The zero-order valence-corrected chi connectivity index (χ0v) is 9.40. The number of nitrogens with zero attached hydrogens (tertiary/aromatic N) is 4. The second kappa shape index (κ2) is 3.44. The Bertz CT molecular complexity index is 575. The van der Waals surface area contributed by atoms with Gasteiger partial charge >= 0.3 is 0 Å². The molecule has 0 saturated heterocycles. The van der Waals surface area contributed by atoms with Gasteiger partial charge in [-0.25, -0.2) is 4.52 Å². The summed E-state index contributed by atoms with van der Waals surface area (Å²) in [5, 5.41) is 13.4. The van der Waals surface area contributed by atoms with Crippen molar-refractivity contribution in [3.8, 4) is 0 Å². The number of aromatic nitrogens is 4. The first kappa shape index (κ1) is 9.24. The molecule has 5 heteroatoms. The van der Waals surface area contributed by atoms with Crippen LogP contribution in [0.2, 0.25) is 0 Å². The van der Waals surface area contributed by atoms with E-state index in [9.17, 15) is 0 Å². The number of rotatable bonds is 0. The number of pyridine rings is 1. The maximum absolute atomic E-state index is 3.92. The van der Waals surface area contributed by atoms with Crippen LogP contribution >= 0.6 is 0 Å². The predicted octanol–water partition coefficient (Wildman–Crippen LogP) is 1.08. The van der Waals surface area contributed by atoms with Gasteiger partial charge in [0.2, 0.25) is 0 Å². The first-order valence-corrected chi connectivity index (χ1v) is 3.92. The van der Waals surface area contributed by atoms with Crippen molar-refractivity contribution >= 4 is 16.4 Å². The van der Waals surface area contributed by atoms with E-state index in [1.54, 1.807) is 4.52 Å². The van der Waals surface area contributed by atoms with Crippen molar-refractivity contribution < 1.29 is 20.1 Å². The molecule has 2 aromatic heterocycles. The van der Waals surface area contributed by atoms with Crippen molar-refractivity contribution in [2.45, 2.75) is 0 Å². The molecule has 0 aliphatic carbocycles. The molecule has 3 rings (SSSR count). The fourth-order valence-electron chi connectivity index (χ4n) is 1.39. The van der Waals surface area contributed by atoms with Gasteiger partial charge in [-0.15, -0.1) is 29.7 Å². The van der Waals surface area contributed by atoms with Gasteiger partial charge in [0.25, 0.3) is 0 Å². The van der Waals surface area contributed by atoms with Crippen LogP contribution in [0.5, 0.6) is 0 Å². The van der Waals surface area contributed by atoms with Gasteiger partial charge in [-0.3, -0.25) is 0 Å². The summed E-state index contributed by atoms with van der Waals surface area (Å²) >= 11 is 0. The maximum atomic E-state index is 3.92. The monoisotopic (exact) mass is 362 g/mol. The van der Waals surface area contributed by atoms with Crippen molar-refractivity contribution in [3.63, 3.8) is 0 Å². The zero-order chi connectivity index (χ0) is 8.67. The molecule has 1 radical (unpaired) electrons. The molecule has 0 spiro atoms. The van der Waals surface area contributed by atoms with Crippen LogP contribution in [0.4, 0.5) is 0 Å². The van der Waals surface area contributed by atoms with E-state index in [2.05, 4.69) is 21.6 Å². The summed E-state index contributed by atoms with van der Waals surface area (Å²) in [5.41, 5.74) is 0.748. The minimum atomic E-state index is 0. The molecule has 0 saturated carbocycles. The van der Waals surface area contributed by atoms with Crippen molar-refractivity contribution in [3.05, 3.63) is 36.5 Å². The molecule has 0 aliphatic rings. The van der Waals surface area contributed by atoms with Gasteiger partial charge in [0.15, 0.2) is 0 Å². The number of benzene rings is 1. The van der Waals surface area contributed by atoms with Crippen molar-refractivity contribution in [2.75, 3.05) is 0 Å². The van der Waals surface area contributed by atoms with Gasteiger partial charge in [0, 0.05) is 26.3 Å². The molecule has 0 amide bonds. The van der Waals surface area contributed by atoms with E-state index in [0.29, 0.717) is 0 Å². The Morgan fingerprint density at radius 1 is 1.29 bits per heavy atom. The maximum Gasteiger partial charge on any atom is 0.104 e. The van der Waals surface area contributed by atoms with Crippen LogP contribution in [-0.2, 0) is 20.1 Å². The average molecular weight is 361 g/mol. The number of fused-ring (bicyclic) bond motifs is 3. The normalized spacial score (nSPS) is 10.3. The Kier molecular flexibility index (Phi) is 2.27. The summed E-state index contributed by atoms with van der Waals surface area (Å²) in [4.78, 5) is 0. The third-order valence-corrected chi connectivity index (χ3v) is 2.00. The van der Waals surface area contributed by atoms with E-state index in [-0.39, 0.29) is 20.1 Å². The Balaban J connectivity index is 0.000000750. The predicted molar refractivity (Wildman–Crippen MR) is 47.1 cm³/mol. The number of hydrogen-bond acceptors (Lipinski definition) is 3. The molecule has 3 aromatic rings. The second-order valence-electron chi connectivity index (χ2n) is 2.76.